The lowest BCUT2D eigenvalue weighted by molar-refractivity contribution is -0.142. The van der Waals surface area contributed by atoms with Crippen molar-refractivity contribution in [2.75, 3.05) is 18.9 Å². The second-order valence-electron chi connectivity index (χ2n) is 11.3. The van der Waals surface area contributed by atoms with E-state index in [9.17, 15) is 14.4 Å². The number of benzene rings is 5. The van der Waals surface area contributed by atoms with Crippen molar-refractivity contribution in [2.24, 2.45) is 11.5 Å². The molecule has 0 bridgehead atoms. The summed E-state index contributed by atoms with van der Waals surface area (Å²) in [4.78, 5) is 40.7. The molecular weight excluding hydrogens is 607 g/mol. The molecule has 1 atom stereocenters. The van der Waals surface area contributed by atoms with Crippen LogP contribution in [0, 0.1) is 0 Å². The molecule has 0 saturated heterocycles. The van der Waals surface area contributed by atoms with Gasteiger partial charge in [0.1, 0.15) is 6.61 Å². The van der Waals surface area contributed by atoms with Gasteiger partial charge in [-0.15, -0.1) is 11.8 Å². The van der Waals surface area contributed by atoms with Crippen molar-refractivity contribution in [3.05, 3.63) is 167 Å². The Morgan fingerprint density at radius 2 is 1.11 bits per heavy atom. The number of nitrogens with zero attached hydrogens (tertiary/aromatic N) is 1. The lowest BCUT2D eigenvalue weighted by Crippen LogP contribution is -2.53. The standard InChI is InChI=1S/C39H35N3O4S/c40-24-36(43)42(38(45)46-25-34-32-22-12-10-20-30(32)31-21-11-13-23-33(31)34)37(44)35(41)26-47-39(27-14-4-1-5-15-27,28-16-6-2-7-17-28)29-18-8-3-9-19-29/h1-23,34-35H,24-26,40-41H2/t35-/m0/s1. The van der Waals surface area contributed by atoms with Crippen LogP contribution in [-0.2, 0) is 19.1 Å². The largest absolute Gasteiger partial charge is 0.448 e. The van der Waals surface area contributed by atoms with Gasteiger partial charge < -0.3 is 16.2 Å². The van der Waals surface area contributed by atoms with Crippen LogP contribution >= 0.6 is 11.8 Å². The van der Waals surface area contributed by atoms with Crippen LogP contribution in [0.15, 0.2) is 140 Å². The highest BCUT2D eigenvalue weighted by Crippen LogP contribution is 2.49. The van der Waals surface area contributed by atoms with Crippen molar-refractivity contribution >= 4 is 29.7 Å². The van der Waals surface area contributed by atoms with E-state index in [2.05, 4.69) is 0 Å². The monoisotopic (exact) mass is 641 g/mol. The van der Waals surface area contributed by atoms with Crippen LogP contribution in [0.1, 0.15) is 33.7 Å². The minimum atomic E-state index is -1.22. The van der Waals surface area contributed by atoms with Crippen LogP contribution in [0.25, 0.3) is 11.1 Å². The fourth-order valence-corrected chi connectivity index (χ4v) is 7.77. The number of hydrogen-bond donors (Lipinski definition) is 2. The van der Waals surface area contributed by atoms with Gasteiger partial charge in [-0.05, 0) is 38.9 Å². The number of ether oxygens (including phenoxy) is 1. The number of rotatable bonds is 10. The number of carbonyl (C=O) groups is 3. The SMILES string of the molecule is NCC(=O)N(C(=O)OCC1c2ccccc2-c2ccccc21)C(=O)[C@@H](N)CSC(c1ccccc1)(c1ccccc1)c1ccccc1. The van der Waals surface area contributed by atoms with Crippen LogP contribution in [-0.4, -0.2) is 47.8 Å². The van der Waals surface area contributed by atoms with Gasteiger partial charge in [-0.2, -0.15) is 4.90 Å². The summed E-state index contributed by atoms with van der Waals surface area (Å²) in [5.41, 5.74) is 19.3. The lowest BCUT2D eigenvalue weighted by Gasteiger charge is -2.36. The van der Waals surface area contributed by atoms with Gasteiger partial charge in [0.15, 0.2) is 0 Å². The Labute approximate surface area is 278 Å². The summed E-state index contributed by atoms with van der Waals surface area (Å²) in [6, 6.07) is 44.6. The second kappa shape index (κ2) is 14.2. The van der Waals surface area contributed by atoms with E-state index < -0.39 is 35.2 Å². The highest BCUT2D eigenvalue weighted by Gasteiger charge is 2.40. The van der Waals surface area contributed by atoms with E-state index >= 15 is 0 Å². The maximum Gasteiger partial charge on any atom is 0.423 e. The molecule has 5 aromatic carbocycles. The van der Waals surface area contributed by atoms with E-state index in [1.807, 2.05) is 140 Å². The Hall–Kier alpha value is -5.02. The molecule has 0 spiro atoms. The molecule has 0 saturated carbocycles. The number of thioether (sulfide) groups is 1. The zero-order valence-corrected chi connectivity index (χ0v) is 26.5. The molecular formula is C39H35N3O4S. The average molecular weight is 642 g/mol. The van der Waals surface area contributed by atoms with Crippen LogP contribution in [0.2, 0.25) is 0 Å². The molecule has 0 unspecified atom stereocenters. The predicted molar refractivity (Wildman–Crippen MR) is 186 cm³/mol. The molecule has 0 aliphatic heterocycles. The van der Waals surface area contributed by atoms with Crippen LogP contribution in [0.4, 0.5) is 4.79 Å². The van der Waals surface area contributed by atoms with Gasteiger partial charge >= 0.3 is 6.09 Å². The number of amides is 3. The molecule has 0 radical (unpaired) electrons. The molecule has 3 amide bonds. The number of carbonyl (C=O) groups excluding carboxylic acids is 3. The van der Waals surface area contributed by atoms with E-state index in [4.69, 9.17) is 16.2 Å². The number of fused-ring (bicyclic) bond motifs is 3. The summed E-state index contributed by atoms with van der Waals surface area (Å²) in [6.45, 7) is -0.616. The van der Waals surface area contributed by atoms with Gasteiger partial charge in [0.05, 0.1) is 17.3 Å². The highest BCUT2D eigenvalue weighted by molar-refractivity contribution is 8.00. The molecule has 8 heteroatoms. The molecule has 236 valence electrons. The summed E-state index contributed by atoms with van der Waals surface area (Å²) < 4.78 is 4.93. The normalized spacial score (nSPS) is 12.9. The first-order valence-corrected chi connectivity index (χ1v) is 16.4. The Balaban J connectivity index is 1.25. The molecule has 0 fully saturated rings. The first-order valence-electron chi connectivity index (χ1n) is 15.4. The maximum absolute atomic E-state index is 13.8. The van der Waals surface area contributed by atoms with E-state index in [0.29, 0.717) is 4.90 Å². The van der Waals surface area contributed by atoms with Crippen molar-refractivity contribution in [1.29, 1.82) is 0 Å². The second-order valence-corrected chi connectivity index (χ2v) is 12.5. The lowest BCUT2D eigenvalue weighted by atomic mass is 9.84. The Morgan fingerprint density at radius 1 is 0.681 bits per heavy atom. The van der Waals surface area contributed by atoms with Gasteiger partial charge in [0, 0.05) is 11.7 Å². The molecule has 0 aromatic heterocycles. The van der Waals surface area contributed by atoms with Crippen LogP contribution in [0.5, 0.6) is 0 Å². The van der Waals surface area contributed by atoms with E-state index in [1.165, 1.54) is 11.8 Å². The van der Waals surface area contributed by atoms with Crippen molar-refractivity contribution in [3.63, 3.8) is 0 Å². The van der Waals surface area contributed by atoms with Gasteiger partial charge in [-0.25, -0.2) is 4.79 Å². The van der Waals surface area contributed by atoms with Crippen molar-refractivity contribution in [2.45, 2.75) is 16.7 Å². The number of imide groups is 3. The zero-order valence-electron chi connectivity index (χ0n) is 25.7. The maximum atomic E-state index is 13.8. The van der Waals surface area contributed by atoms with Gasteiger partial charge in [0.2, 0.25) is 0 Å². The molecule has 6 rings (SSSR count). The minimum absolute atomic E-state index is 0.0579. The molecule has 4 N–H and O–H groups in total. The highest BCUT2D eigenvalue weighted by atomic mass is 32.2. The van der Waals surface area contributed by atoms with Gasteiger partial charge in [-0.3, -0.25) is 9.59 Å². The Bertz CT molecular complexity index is 1730. The molecule has 7 nitrogen and oxygen atoms in total. The smallest absolute Gasteiger partial charge is 0.423 e. The van der Waals surface area contributed by atoms with Gasteiger partial charge in [0.25, 0.3) is 11.8 Å². The topological polar surface area (TPSA) is 116 Å². The summed E-state index contributed by atoms with van der Waals surface area (Å²) in [5, 5.41) is 0. The Kier molecular flexibility index (Phi) is 9.63. The molecule has 1 aliphatic rings. The fraction of sp³-hybridized carbons (Fsp3) is 0.154. The number of hydrogen-bond acceptors (Lipinski definition) is 7. The summed E-state index contributed by atoms with van der Waals surface area (Å²) >= 11 is 1.46. The summed E-state index contributed by atoms with van der Waals surface area (Å²) in [7, 11) is 0. The van der Waals surface area contributed by atoms with E-state index in [-0.39, 0.29) is 18.3 Å². The van der Waals surface area contributed by atoms with Crippen LogP contribution in [0.3, 0.4) is 0 Å². The predicted octanol–water partition coefficient (Wildman–Crippen LogP) is 6.30. The van der Waals surface area contributed by atoms with Crippen molar-refractivity contribution < 1.29 is 19.1 Å². The van der Waals surface area contributed by atoms with Crippen molar-refractivity contribution in [1.82, 2.24) is 4.90 Å². The average Bonchev–Trinajstić information content (AvgIpc) is 3.45. The van der Waals surface area contributed by atoms with E-state index in [0.717, 1.165) is 38.9 Å². The third-order valence-corrected chi connectivity index (χ3v) is 10.2. The molecule has 0 heterocycles. The van der Waals surface area contributed by atoms with E-state index in [1.54, 1.807) is 0 Å². The third-order valence-electron chi connectivity index (χ3n) is 8.50. The molecule has 5 aromatic rings. The summed E-state index contributed by atoms with van der Waals surface area (Å²) in [6.07, 6.45) is -1.09. The summed E-state index contributed by atoms with van der Waals surface area (Å²) in [5.74, 6) is -1.91. The van der Waals surface area contributed by atoms with Crippen molar-refractivity contribution in [3.8, 4) is 11.1 Å². The molecule has 1 aliphatic carbocycles. The first kappa shape index (κ1) is 31.9. The first-order chi connectivity index (χ1) is 23.0. The fourth-order valence-electron chi connectivity index (χ4n) is 6.29. The minimum Gasteiger partial charge on any atom is -0.448 e. The third kappa shape index (κ3) is 6.23. The Morgan fingerprint density at radius 3 is 1.55 bits per heavy atom. The zero-order chi connectivity index (χ0) is 32.8. The molecule has 47 heavy (non-hydrogen) atoms. The van der Waals surface area contributed by atoms with Gasteiger partial charge in [-0.1, -0.05) is 140 Å². The van der Waals surface area contributed by atoms with Crippen LogP contribution < -0.4 is 11.5 Å². The number of nitrogens with two attached hydrogens (primary N) is 2. The quantitative estimate of drug-likeness (QED) is 0.172.